The van der Waals surface area contributed by atoms with Crippen LogP contribution in [0.3, 0.4) is 0 Å². The number of rotatable bonds is 4. The summed E-state index contributed by atoms with van der Waals surface area (Å²) in [6, 6.07) is 7.53. The predicted octanol–water partition coefficient (Wildman–Crippen LogP) is 2.60. The number of benzene rings is 1. The van der Waals surface area contributed by atoms with Crippen LogP contribution < -0.4 is 10.1 Å². The third-order valence-corrected chi connectivity index (χ3v) is 1.85. The lowest BCUT2D eigenvalue weighted by molar-refractivity contribution is -0.112. The molecule has 0 heterocycles. The molecule has 1 aromatic carbocycles. The van der Waals surface area contributed by atoms with Crippen molar-refractivity contribution in [3.05, 3.63) is 36.0 Å². The summed E-state index contributed by atoms with van der Waals surface area (Å²) in [5.74, 6) is 0.849. The van der Waals surface area contributed by atoms with Crippen LogP contribution in [0.1, 0.15) is 13.8 Å². The zero-order valence-electron chi connectivity index (χ0n) is 9.20. The average Bonchev–Trinajstić information content (AvgIpc) is 2.17. The molecule has 1 aromatic rings. The highest BCUT2D eigenvalue weighted by molar-refractivity contribution is 5.88. The van der Waals surface area contributed by atoms with Gasteiger partial charge in [0.2, 0.25) is 0 Å². The van der Waals surface area contributed by atoms with E-state index < -0.39 is 0 Å². The number of ether oxygens (including phenoxy) is 1. The van der Waals surface area contributed by atoms with Crippen LogP contribution in [0.5, 0.6) is 5.75 Å². The second kappa shape index (κ2) is 5.20. The SMILES string of the molecule is COc1ccc(N/C(C)=C\C(C)=O)cc1. The molecule has 3 nitrogen and oxygen atoms in total. The first-order valence-corrected chi connectivity index (χ1v) is 4.72. The highest BCUT2D eigenvalue weighted by Crippen LogP contribution is 2.16. The monoisotopic (exact) mass is 205 g/mol. The van der Waals surface area contributed by atoms with E-state index in [1.807, 2.05) is 31.2 Å². The highest BCUT2D eigenvalue weighted by atomic mass is 16.5. The third-order valence-electron chi connectivity index (χ3n) is 1.85. The van der Waals surface area contributed by atoms with Gasteiger partial charge in [-0.1, -0.05) is 0 Å². The van der Waals surface area contributed by atoms with Crippen LogP contribution in [0, 0.1) is 0 Å². The van der Waals surface area contributed by atoms with Gasteiger partial charge >= 0.3 is 0 Å². The molecule has 0 spiro atoms. The van der Waals surface area contributed by atoms with E-state index in [4.69, 9.17) is 4.74 Å². The Morgan fingerprint density at radius 2 is 1.87 bits per heavy atom. The lowest BCUT2D eigenvalue weighted by Gasteiger charge is -2.06. The van der Waals surface area contributed by atoms with Crippen molar-refractivity contribution >= 4 is 11.5 Å². The summed E-state index contributed by atoms with van der Waals surface area (Å²) in [5, 5.41) is 3.11. The van der Waals surface area contributed by atoms with Gasteiger partial charge < -0.3 is 10.1 Å². The molecule has 0 radical (unpaired) electrons. The highest BCUT2D eigenvalue weighted by Gasteiger charge is 1.95. The summed E-state index contributed by atoms with van der Waals surface area (Å²) >= 11 is 0. The Kier molecular flexibility index (Phi) is 3.92. The Morgan fingerprint density at radius 1 is 1.27 bits per heavy atom. The van der Waals surface area contributed by atoms with Gasteiger partial charge in [0, 0.05) is 11.4 Å². The van der Waals surface area contributed by atoms with Crippen molar-refractivity contribution in [3.63, 3.8) is 0 Å². The number of carbonyl (C=O) groups is 1. The standard InChI is InChI=1S/C12H15NO2/c1-9(8-10(2)14)13-11-4-6-12(15-3)7-5-11/h4-8,13H,1-3H3/b9-8-. The summed E-state index contributed by atoms with van der Waals surface area (Å²) in [6.07, 6.45) is 1.56. The fourth-order valence-corrected chi connectivity index (χ4v) is 1.24. The fourth-order valence-electron chi connectivity index (χ4n) is 1.24. The molecule has 0 atom stereocenters. The van der Waals surface area contributed by atoms with E-state index in [2.05, 4.69) is 5.32 Å². The molecular formula is C12H15NO2. The molecule has 0 aliphatic heterocycles. The first-order chi connectivity index (χ1) is 7.11. The number of allylic oxidation sites excluding steroid dienone is 2. The maximum atomic E-state index is 10.8. The lowest BCUT2D eigenvalue weighted by Crippen LogP contribution is -1.98. The van der Waals surface area contributed by atoms with Crippen molar-refractivity contribution in [2.75, 3.05) is 12.4 Å². The molecule has 0 bridgehead atoms. The second-order valence-electron chi connectivity index (χ2n) is 3.29. The summed E-state index contributed by atoms with van der Waals surface area (Å²) in [7, 11) is 1.63. The van der Waals surface area contributed by atoms with Crippen LogP contribution in [0.4, 0.5) is 5.69 Å². The number of nitrogens with one attached hydrogen (secondary N) is 1. The molecule has 0 saturated carbocycles. The number of ketones is 1. The molecule has 1 rings (SSSR count). The van der Waals surface area contributed by atoms with Crippen molar-refractivity contribution in [1.82, 2.24) is 0 Å². The zero-order valence-corrected chi connectivity index (χ0v) is 9.20. The summed E-state index contributed by atoms with van der Waals surface area (Å²) < 4.78 is 5.04. The number of anilines is 1. The van der Waals surface area contributed by atoms with Crippen LogP contribution in [-0.4, -0.2) is 12.9 Å². The quantitative estimate of drug-likeness (QED) is 0.768. The van der Waals surface area contributed by atoms with E-state index in [1.165, 1.54) is 6.92 Å². The van der Waals surface area contributed by atoms with Gasteiger partial charge in [0.15, 0.2) is 5.78 Å². The van der Waals surface area contributed by atoms with Gasteiger partial charge in [-0.3, -0.25) is 4.79 Å². The maximum Gasteiger partial charge on any atom is 0.154 e. The van der Waals surface area contributed by atoms with Gasteiger partial charge in [0.25, 0.3) is 0 Å². The van der Waals surface area contributed by atoms with Gasteiger partial charge in [-0.2, -0.15) is 0 Å². The smallest absolute Gasteiger partial charge is 0.154 e. The zero-order chi connectivity index (χ0) is 11.3. The van der Waals surface area contributed by atoms with Gasteiger partial charge in [0.05, 0.1) is 7.11 Å². The molecule has 0 amide bonds. The minimum atomic E-state index is 0.0357. The van der Waals surface area contributed by atoms with Crippen molar-refractivity contribution < 1.29 is 9.53 Å². The Bertz CT molecular complexity index is 366. The molecule has 1 N–H and O–H groups in total. The normalized spacial score (nSPS) is 11.0. The molecule has 0 unspecified atom stereocenters. The molecule has 0 fully saturated rings. The fraction of sp³-hybridized carbons (Fsp3) is 0.250. The minimum Gasteiger partial charge on any atom is -0.497 e. The van der Waals surface area contributed by atoms with Crippen LogP contribution >= 0.6 is 0 Å². The summed E-state index contributed by atoms with van der Waals surface area (Å²) in [4.78, 5) is 10.8. The number of hydrogen-bond donors (Lipinski definition) is 1. The van der Waals surface area contributed by atoms with Crippen LogP contribution in [-0.2, 0) is 4.79 Å². The minimum absolute atomic E-state index is 0.0357. The van der Waals surface area contributed by atoms with E-state index in [0.717, 1.165) is 17.1 Å². The van der Waals surface area contributed by atoms with Crippen LogP contribution in [0.15, 0.2) is 36.0 Å². The van der Waals surface area contributed by atoms with E-state index in [9.17, 15) is 4.79 Å². The predicted molar refractivity (Wildman–Crippen MR) is 61.1 cm³/mol. The molecular weight excluding hydrogens is 190 g/mol. The van der Waals surface area contributed by atoms with E-state index in [1.54, 1.807) is 13.2 Å². The van der Waals surface area contributed by atoms with Gasteiger partial charge in [-0.05, 0) is 44.2 Å². The lowest BCUT2D eigenvalue weighted by atomic mass is 10.2. The first kappa shape index (κ1) is 11.3. The van der Waals surface area contributed by atoms with E-state index >= 15 is 0 Å². The molecule has 0 aliphatic rings. The second-order valence-corrected chi connectivity index (χ2v) is 3.29. The number of methoxy groups -OCH3 is 1. The topological polar surface area (TPSA) is 38.3 Å². The average molecular weight is 205 g/mol. The molecule has 0 aromatic heterocycles. The molecule has 0 saturated heterocycles. The number of hydrogen-bond acceptors (Lipinski definition) is 3. The van der Waals surface area contributed by atoms with Crippen LogP contribution in [0.25, 0.3) is 0 Å². The van der Waals surface area contributed by atoms with Crippen molar-refractivity contribution in [1.29, 1.82) is 0 Å². The molecule has 3 heteroatoms. The molecule has 15 heavy (non-hydrogen) atoms. The van der Waals surface area contributed by atoms with Crippen molar-refractivity contribution in [3.8, 4) is 5.75 Å². The van der Waals surface area contributed by atoms with E-state index in [0.29, 0.717) is 0 Å². The Balaban J connectivity index is 2.69. The Hall–Kier alpha value is -1.77. The Labute approximate surface area is 89.8 Å². The first-order valence-electron chi connectivity index (χ1n) is 4.72. The summed E-state index contributed by atoms with van der Waals surface area (Å²) in [5.41, 5.74) is 1.76. The van der Waals surface area contributed by atoms with Crippen LogP contribution in [0.2, 0.25) is 0 Å². The summed E-state index contributed by atoms with van der Waals surface area (Å²) in [6.45, 7) is 3.38. The number of carbonyl (C=O) groups excluding carboxylic acids is 1. The van der Waals surface area contributed by atoms with Gasteiger partial charge in [0.1, 0.15) is 5.75 Å². The third kappa shape index (κ3) is 3.85. The maximum absolute atomic E-state index is 10.8. The van der Waals surface area contributed by atoms with Gasteiger partial charge in [-0.25, -0.2) is 0 Å². The van der Waals surface area contributed by atoms with Crippen molar-refractivity contribution in [2.24, 2.45) is 0 Å². The largest absolute Gasteiger partial charge is 0.497 e. The molecule has 0 aliphatic carbocycles. The van der Waals surface area contributed by atoms with Gasteiger partial charge in [-0.15, -0.1) is 0 Å². The Morgan fingerprint density at radius 3 is 2.33 bits per heavy atom. The van der Waals surface area contributed by atoms with E-state index in [-0.39, 0.29) is 5.78 Å². The van der Waals surface area contributed by atoms with Crippen molar-refractivity contribution in [2.45, 2.75) is 13.8 Å². The molecule has 80 valence electrons.